The molecule has 4 nitrogen and oxygen atoms in total. The summed E-state index contributed by atoms with van der Waals surface area (Å²) in [5.41, 5.74) is 3.27. The molecule has 4 aromatic carbocycles. The van der Waals surface area contributed by atoms with Gasteiger partial charge in [0.1, 0.15) is 11.2 Å². The summed E-state index contributed by atoms with van der Waals surface area (Å²) in [6.45, 7) is 4.01. The van der Waals surface area contributed by atoms with Gasteiger partial charge in [-0.3, -0.25) is 9.59 Å². The Morgan fingerprint density at radius 1 is 0.500 bits per heavy atom. The molecule has 2 saturated heterocycles. The first-order chi connectivity index (χ1) is 18.4. The van der Waals surface area contributed by atoms with E-state index in [1.807, 2.05) is 111 Å². The third-order valence-electron chi connectivity index (χ3n) is 7.82. The second-order valence-corrected chi connectivity index (χ2v) is 10.2. The van der Waals surface area contributed by atoms with Gasteiger partial charge in [-0.05, 0) is 36.1 Å². The van der Waals surface area contributed by atoms with Gasteiger partial charge in [0, 0.05) is 11.8 Å². The maximum atomic E-state index is 11.8. The van der Waals surface area contributed by atoms with Crippen molar-refractivity contribution in [2.75, 3.05) is 0 Å². The maximum Gasteiger partial charge on any atom is 0.307 e. The molecule has 6 rings (SSSR count). The molecule has 0 unspecified atom stereocenters. The van der Waals surface area contributed by atoms with Crippen LogP contribution in [-0.2, 0) is 30.3 Å². The topological polar surface area (TPSA) is 52.6 Å². The van der Waals surface area contributed by atoms with Gasteiger partial charge < -0.3 is 9.47 Å². The molecule has 0 spiro atoms. The standard InChI is InChI=1S/2C17H16O2/c2*1-17(14-10-6-3-7-11-14)15(12-16(18)19-17)13-8-4-2-5-9-13/h2*2-11,15H,12H2,1H3/t15-,17+;15-,17-/m00/s1. The van der Waals surface area contributed by atoms with Gasteiger partial charge in [0.05, 0.1) is 12.8 Å². The fourth-order valence-corrected chi connectivity index (χ4v) is 5.72. The van der Waals surface area contributed by atoms with Crippen molar-refractivity contribution in [2.45, 2.75) is 49.7 Å². The molecular weight excluding hydrogens is 472 g/mol. The molecule has 0 aromatic heterocycles. The van der Waals surface area contributed by atoms with Gasteiger partial charge in [0.2, 0.25) is 0 Å². The molecule has 0 N–H and O–H groups in total. The Hall–Kier alpha value is -4.18. The summed E-state index contributed by atoms with van der Waals surface area (Å²) < 4.78 is 11.3. The van der Waals surface area contributed by atoms with Crippen molar-refractivity contribution in [3.63, 3.8) is 0 Å². The number of hydrogen-bond donors (Lipinski definition) is 0. The molecule has 2 aliphatic rings. The summed E-state index contributed by atoms with van der Waals surface area (Å²) in [4.78, 5) is 23.6. The Balaban J connectivity index is 0.000000155. The van der Waals surface area contributed by atoms with Gasteiger partial charge in [-0.1, -0.05) is 121 Å². The van der Waals surface area contributed by atoms with Crippen LogP contribution in [0.2, 0.25) is 0 Å². The molecule has 0 amide bonds. The van der Waals surface area contributed by atoms with Crippen molar-refractivity contribution < 1.29 is 19.1 Å². The quantitative estimate of drug-likeness (QED) is 0.274. The van der Waals surface area contributed by atoms with Gasteiger partial charge in [-0.25, -0.2) is 0 Å². The first kappa shape index (κ1) is 25.5. The molecule has 0 aliphatic carbocycles. The SMILES string of the molecule is C[C@@]1(c2ccccc2)OC(=O)C[C@H]1c1ccccc1.C[C@]1(c2ccccc2)OC(=O)C[C@H]1c1ccccc1. The fourth-order valence-electron chi connectivity index (χ4n) is 5.72. The third-order valence-corrected chi connectivity index (χ3v) is 7.82. The van der Waals surface area contributed by atoms with Crippen molar-refractivity contribution in [1.82, 2.24) is 0 Å². The zero-order valence-corrected chi connectivity index (χ0v) is 21.7. The Morgan fingerprint density at radius 2 is 0.789 bits per heavy atom. The first-order valence-electron chi connectivity index (χ1n) is 13.0. The predicted octanol–water partition coefficient (Wildman–Crippen LogP) is 7.27. The van der Waals surface area contributed by atoms with Crippen LogP contribution in [0.3, 0.4) is 0 Å². The van der Waals surface area contributed by atoms with Crippen molar-refractivity contribution in [3.05, 3.63) is 144 Å². The van der Waals surface area contributed by atoms with E-state index in [1.165, 1.54) is 0 Å². The van der Waals surface area contributed by atoms with Crippen molar-refractivity contribution in [2.24, 2.45) is 0 Å². The molecule has 2 heterocycles. The van der Waals surface area contributed by atoms with Crippen LogP contribution < -0.4 is 0 Å². The molecule has 2 fully saturated rings. The molecule has 38 heavy (non-hydrogen) atoms. The maximum absolute atomic E-state index is 11.8. The summed E-state index contributed by atoms with van der Waals surface area (Å²) in [5.74, 6) is -0.104. The average Bonchev–Trinajstić information content (AvgIpc) is 3.46. The number of rotatable bonds is 4. The number of carbonyl (C=O) groups is 2. The number of cyclic esters (lactones) is 2. The van der Waals surface area contributed by atoms with E-state index in [0.29, 0.717) is 12.8 Å². The van der Waals surface area contributed by atoms with Gasteiger partial charge in [-0.15, -0.1) is 0 Å². The van der Waals surface area contributed by atoms with Gasteiger partial charge in [0.15, 0.2) is 0 Å². The second kappa shape index (κ2) is 10.7. The Morgan fingerprint density at radius 3 is 1.11 bits per heavy atom. The highest BCUT2D eigenvalue weighted by molar-refractivity contribution is 5.75. The van der Waals surface area contributed by atoms with E-state index in [9.17, 15) is 9.59 Å². The average molecular weight is 505 g/mol. The minimum absolute atomic E-state index is 0.0728. The van der Waals surface area contributed by atoms with Crippen molar-refractivity contribution in [3.8, 4) is 0 Å². The molecule has 4 heteroatoms. The van der Waals surface area contributed by atoms with E-state index in [2.05, 4.69) is 24.3 Å². The molecule has 2 aliphatic heterocycles. The highest BCUT2D eigenvalue weighted by atomic mass is 16.6. The lowest BCUT2D eigenvalue weighted by Crippen LogP contribution is -2.27. The van der Waals surface area contributed by atoms with E-state index in [1.54, 1.807) is 0 Å². The Bertz CT molecular complexity index is 1260. The van der Waals surface area contributed by atoms with Crippen LogP contribution in [0.4, 0.5) is 0 Å². The van der Waals surface area contributed by atoms with Crippen LogP contribution in [0.25, 0.3) is 0 Å². The summed E-state index contributed by atoms with van der Waals surface area (Å²) >= 11 is 0. The predicted molar refractivity (Wildman–Crippen MR) is 147 cm³/mol. The zero-order valence-electron chi connectivity index (χ0n) is 21.7. The summed E-state index contributed by atoms with van der Waals surface area (Å²) in [7, 11) is 0. The van der Waals surface area contributed by atoms with Crippen molar-refractivity contribution >= 4 is 11.9 Å². The number of benzene rings is 4. The number of hydrogen-bond acceptors (Lipinski definition) is 4. The van der Waals surface area contributed by atoms with Gasteiger partial charge in [-0.2, -0.15) is 0 Å². The highest BCUT2D eigenvalue weighted by Gasteiger charge is 2.48. The fraction of sp³-hybridized carbons (Fsp3) is 0.235. The minimum Gasteiger partial charge on any atom is -0.454 e. The molecule has 0 radical (unpaired) electrons. The molecule has 4 atom stereocenters. The summed E-state index contributed by atoms with van der Waals surface area (Å²) in [6.07, 6.45) is 0.880. The monoisotopic (exact) mass is 504 g/mol. The number of ether oxygens (including phenoxy) is 2. The molecule has 4 aromatic rings. The molecular formula is C34H32O4. The van der Waals surface area contributed by atoms with Crippen LogP contribution in [0, 0.1) is 0 Å². The smallest absolute Gasteiger partial charge is 0.307 e. The molecule has 0 bridgehead atoms. The molecule has 192 valence electrons. The Labute approximate surface area is 224 Å². The summed E-state index contributed by atoms with van der Waals surface area (Å²) in [5, 5.41) is 0. The lowest BCUT2D eigenvalue weighted by atomic mass is 9.79. The van der Waals surface area contributed by atoms with Crippen molar-refractivity contribution in [1.29, 1.82) is 0 Å². The zero-order chi connectivity index (χ0) is 26.6. The van der Waals surface area contributed by atoms with E-state index in [-0.39, 0.29) is 23.8 Å². The van der Waals surface area contributed by atoms with Gasteiger partial charge in [0.25, 0.3) is 0 Å². The van der Waals surface area contributed by atoms with Crippen LogP contribution in [0.1, 0.15) is 60.8 Å². The summed E-state index contributed by atoms with van der Waals surface area (Å²) in [6, 6.07) is 40.2. The van der Waals surface area contributed by atoms with Gasteiger partial charge >= 0.3 is 11.9 Å². The molecule has 0 saturated carbocycles. The van der Waals surface area contributed by atoms with Crippen LogP contribution >= 0.6 is 0 Å². The second-order valence-electron chi connectivity index (χ2n) is 10.2. The largest absolute Gasteiger partial charge is 0.454 e. The van der Waals surface area contributed by atoms with Crippen LogP contribution in [0.15, 0.2) is 121 Å². The minimum atomic E-state index is -0.570. The van der Waals surface area contributed by atoms with E-state index in [0.717, 1.165) is 22.3 Å². The van der Waals surface area contributed by atoms with E-state index >= 15 is 0 Å². The normalized spacial score (nSPS) is 26.2. The Kier molecular flexibility index (Phi) is 7.15. The lowest BCUT2D eigenvalue weighted by Gasteiger charge is -2.30. The number of carbonyl (C=O) groups excluding carboxylic acids is 2. The van der Waals surface area contributed by atoms with Crippen LogP contribution in [0.5, 0.6) is 0 Å². The first-order valence-corrected chi connectivity index (χ1v) is 13.0. The lowest BCUT2D eigenvalue weighted by molar-refractivity contribution is -0.149. The van der Waals surface area contributed by atoms with E-state index < -0.39 is 11.2 Å². The number of esters is 2. The van der Waals surface area contributed by atoms with E-state index in [4.69, 9.17) is 9.47 Å². The third kappa shape index (κ3) is 4.99. The van der Waals surface area contributed by atoms with Crippen LogP contribution in [-0.4, -0.2) is 11.9 Å². The highest BCUT2D eigenvalue weighted by Crippen LogP contribution is 2.48.